The number of carbonyl (C=O) groups is 1. The van der Waals surface area contributed by atoms with Gasteiger partial charge in [0.2, 0.25) is 0 Å². The minimum Gasteiger partial charge on any atom is -0.481 e. The number of benzene rings is 2. The minimum absolute atomic E-state index is 0.151. The average molecular weight is 329 g/mol. The van der Waals surface area contributed by atoms with Gasteiger partial charge in [-0.2, -0.15) is 0 Å². The van der Waals surface area contributed by atoms with Gasteiger partial charge in [0.1, 0.15) is 5.75 Å². The molecule has 0 spiro atoms. The molecule has 0 unspecified atom stereocenters. The molecule has 122 valence electrons. The molecule has 2 aromatic rings. The summed E-state index contributed by atoms with van der Waals surface area (Å²) in [7, 11) is 0. The van der Waals surface area contributed by atoms with Gasteiger partial charge in [0.15, 0.2) is 6.10 Å². The van der Waals surface area contributed by atoms with Gasteiger partial charge in [-0.3, -0.25) is 4.79 Å². The Morgan fingerprint density at radius 3 is 2.52 bits per heavy atom. The van der Waals surface area contributed by atoms with E-state index in [1.165, 1.54) is 0 Å². The Kier molecular flexibility index (Phi) is 6.11. The lowest BCUT2D eigenvalue weighted by molar-refractivity contribution is -0.122. The second-order valence-electron chi connectivity index (χ2n) is 5.67. The van der Waals surface area contributed by atoms with Gasteiger partial charge in [0.25, 0.3) is 5.91 Å². The number of thioether (sulfide) groups is 1. The van der Waals surface area contributed by atoms with Crippen LogP contribution in [0.15, 0.2) is 53.4 Å². The van der Waals surface area contributed by atoms with Gasteiger partial charge in [0, 0.05) is 10.6 Å². The lowest BCUT2D eigenvalue weighted by Crippen LogP contribution is -2.30. The fourth-order valence-corrected chi connectivity index (χ4v) is 2.71. The Bertz CT molecular complexity index is 670. The second kappa shape index (κ2) is 8.06. The van der Waals surface area contributed by atoms with Crippen LogP contribution in [0.25, 0.3) is 0 Å². The normalized spacial score (nSPS) is 12.0. The van der Waals surface area contributed by atoms with Crippen LogP contribution < -0.4 is 10.1 Å². The van der Waals surface area contributed by atoms with E-state index >= 15 is 0 Å². The van der Waals surface area contributed by atoms with Crippen molar-refractivity contribution >= 4 is 23.4 Å². The summed E-state index contributed by atoms with van der Waals surface area (Å²) in [5.74, 6) is 0.963. The van der Waals surface area contributed by atoms with Gasteiger partial charge >= 0.3 is 0 Å². The van der Waals surface area contributed by atoms with Gasteiger partial charge < -0.3 is 10.1 Å². The van der Waals surface area contributed by atoms with Crippen LogP contribution in [0.5, 0.6) is 5.75 Å². The third-order valence-electron chi connectivity index (χ3n) is 3.55. The largest absolute Gasteiger partial charge is 0.481 e. The van der Waals surface area contributed by atoms with E-state index in [2.05, 4.69) is 19.2 Å². The minimum atomic E-state index is -0.562. The number of nitrogens with one attached hydrogen (secondary N) is 1. The lowest BCUT2D eigenvalue weighted by atomic mass is 10.0. The van der Waals surface area contributed by atoms with Crippen LogP contribution >= 0.6 is 11.8 Å². The summed E-state index contributed by atoms with van der Waals surface area (Å²) >= 11 is 1.64. The molecule has 0 aromatic heterocycles. The summed E-state index contributed by atoms with van der Waals surface area (Å²) < 4.78 is 5.88. The molecule has 2 aromatic carbocycles. The molecular weight excluding hydrogens is 306 g/mol. The van der Waals surface area contributed by atoms with E-state index in [9.17, 15) is 4.79 Å². The van der Waals surface area contributed by atoms with Crippen LogP contribution in [-0.2, 0) is 4.79 Å². The predicted octanol–water partition coefficient (Wildman–Crippen LogP) is 4.94. The fourth-order valence-electron chi connectivity index (χ4n) is 2.25. The van der Waals surface area contributed by atoms with Gasteiger partial charge in [-0.25, -0.2) is 0 Å². The maximum atomic E-state index is 12.4. The predicted molar refractivity (Wildman–Crippen MR) is 97.5 cm³/mol. The molecule has 23 heavy (non-hydrogen) atoms. The molecule has 4 heteroatoms. The molecule has 2 rings (SSSR count). The molecule has 1 N–H and O–H groups in total. The van der Waals surface area contributed by atoms with Crippen molar-refractivity contribution in [2.75, 3.05) is 11.6 Å². The number of rotatable bonds is 6. The summed E-state index contributed by atoms with van der Waals surface area (Å²) in [4.78, 5) is 13.5. The first kappa shape index (κ1) is 17.4. The highest BCUT2D eigenvalue weighted by molar-refractivity contribution is 7.98. The quantitative estimate of drug-likeness (QED) is 0.763. The maximum Gasteiger partial charge on any atom is 0.265 e. The number of carbonyl (C=O) groups excluding carboxylic acids is 1. The Morgan fingerprint density at radius 1 is 1.09 bits per heavy atom. The number of hydrogen-bond donors (Lipinski definition) is 1. The van der Waals surface area contributed by atoms with E-state index in [1.807, 2.05) is 54.8 Å². The molecule has 0 fully saturated rings. The summed E-state index contributed by atoms with van der Waals surface area (Å²) in [6, 6.07) is 15.6. The van der Waals surface area contributed by atoms with Gasteiger partial charge in [0.05, 0.1) is 0 Å². The molecule has 0 aliphatic carbocycles. The highest BCUT2D eigenvalue weighted by Gasteiger charge is 2.17. The van der Waals surface area contributed by atoms with Gasteiger partial charge in [-0.05, 0) is 48.9 Å². The van der Waals surface area contributed by atoms with Crippen molar-refractivity contribution in [1.29, 1.82) is 0 Å². The van der Waals surface area contributed by atoms with E-state index in [4.69, 9.17) is 4.74 Å². The van der Waals surface area contributed by atoms with E-state index in [0.717, 1.165) is 21.9 Å². The smallest absolute Gasteiger partial charge is 0.265 e. The molecule has 0 saturated heterocycles. The third-order valence-corrected chi connectivity index (χ3v) is 4.28. The lowest BCUT2D eigenvalue weighted by Gasteiger charge is -2.18. The first-order valence-corrected chi connectivity index (χ1v) is 8.94. The van der Waals surface area contributed by atoms with Crippen molar-refractivity contribution in [3.8, 4) is 5.75 Å². The van der Waals surface area contributed by atoms with Crippen molar-refractivity contribution in [2.45, 2.75) is 37.7 Å². The van der Waals surface area contributed by atoms with Crippen molar-refractivity contribution in [3.05, 3.63) is 54.1 Å². The SMILES string of the molecule is CSc1cccc(NC(=O)[C@@H](C)Oc2ccccc2C(C)C)c1. The topological polar surface area (TPSA) is 38.3 Å². The van der Waals surface area contributed by atoms with Crippen molar-refractivity contribution < 1.29 is 9.53 Å². The van der Waals surface area contributed by atoms with Crippen molar-refractivity contribution in [1.82, 2.24) is 0 Å². The first-order chi connectivity index (χ1) is 11.0. The molecule has 0 heterocycles. The maximum absolute atomic E-state index is 12.4. The van der Waals surface area contributed by atoms with E-state index in [0.29, 0.717) is 5.92 Å². The molecule has 0 saturated carbocycles. The van der Waals surface area contributed by atoms with Crippen LogP contribution in [0, 0.1) is 0 Å². The van der Waals surface area contributed by atoms with E-state index in [1.54, 1.807) is 18.7 Å². The summed E-state index contributed by atoms with van der Waals surface area (Å²) in [6.07, 6.45) is 1.45. The highest BCUT2D eigenvalue weighted by atomic mass is 32.2. The number of anilines is 1. The molecule has 0 aliphatic heterocycles. The molecular formula is C19H23NO2S. The third kappa shape index (κ3) is 4.76. The Balaban J connectivity index is 2.05. The number of hydrogen-bond acceptors (Lipinski definition) is 3. The zero-order valence-electron chi connectivity index (χ0n) is 14.0. The van der Waals surface area contributed by atoms with Crippen molar-refractivity contribution in [2.24, 2.45) is 0 Å². The van der Waals surface area contributed by atoms with Crippen LogP contribution in [-0.4, -0.2) is 18.3 Å². The molecule has 0 radical (unpaired) electrons. The second-order valence-corrected chi connectivity index (χ2v) is 6.55. The van der Waals surface area contributed by atoms with Crippen LogP contribution in [0.1, 0.15) is 32.3 Å². The van der Waals surface area contributed by atoms with Crippen molar-refractivity contribution in [3.63, 3.8) is 0 Å². The van der Waals surface area contributed by atoms with Crippen LogP contribution in [0.2, 0.25) is 0 Å². The number of ether oxygens (including phenoxy) is 1. The molecule has 0 bridgehead atoms. The molecule has 3 nitrogen and oxygen atoms in total. The summed E-state index contributed by atoms with van der Waals surface area (Å²) in [6.45, 7) is 5.99. The first-order valence-electron chi connectivity index (χ1n) is 7.71. The molecule has 1 atom stereocenters. The van der Waals surface area contributed by atoms with E-state index < -0.39 is 6.10 Å². The number of para-hydroxylation sites is 1. The molecule has 0 aliphatic rings. The fraction of sp³-hybridized carbons (Fsp3) is 0.316. The number of amides is 1. The molecule has 1 amide bonds. The zero-order valence-corrected chi connectivity index (χ0v) is 14.8. The van der Waals surface area contributed by atoms with E-state index in [-0.39, 0.29) is 5.91 Å². The average Bonchev–Trinajstić information content (AvgIpc) is 2.55. The summed E-state index contributed by atoms with van der Waals surface area (Å²) in [5.41, 5.74) is 1.89. The highest BCUT2D eigenvalue weighted by Crippen LogP contribution is 2.27. The Morgan fingerprint density at radius 2 is 1.83 bits per heavy atom. The monoisotopic (exact) mass is 329 g/mol. The van der Waals surface area contributed by atoms with Gasteiger partial charge in [-0.1, -0.05) is 38.1 Å². The standard InChI is InChI=1S/C19H23NO2S/c1-13(2)17-10-5-6-11-18(17)22-14(3)19(21)20-15-8-7-9-16(12-15)23-4/h5-14H,1-4H3,(H,20,21)/t14-/m1/s1. The summed E-state index contributed by atoms with van der Waals surface area (Å²) in [5, 5.41) is 2.91. The van der Waals surface area contributed by atoms with Crippen LogP contribution in [0.3, 0.4) is 0 Å². The Hall–Kier alpha value is -1.94. The Labute approximate surface area is 142 Å². The zero-order chi connectivity index (χ0) is 16.8. The van der Waals surface area contributed by atoms with Crippen LogP contribution in [0.4, 0.5) is 5.69 Å². The van der Waals surface area contributed by atoms with Gasteiger partial charge in [-0.15, -0.1) is 11.8 Å².